The molecule has 156 valence electrons. The molecule has 0 aliphatic carbocycles. The number of benzene rings is 2. The first-order valence-electron chi connectivity index (χ1n) is 9.90. The number of hydrogen-bond donors (Lipinski definition) is 3. The Morgan fingerprint density at radius 1 is 0.931 bits per heavy atom. The van der Waals surface area contributed by atoms with Crippen molar-refractivity contribution in [2.45, 2.75) is 45.4 Å². The summed E-state index contributed by atoms with van der Waals surface area (Å²) in [6.45, 7) is 3.90. The van der Waals surface area contributed by atoms with Crippen LogP contribution in [0.15, 0.2) is 60.7 Å². The second-order valence-electron chi connectivity index (χ2n) is 7.47. The van der Waals surface area contributed by atoms with Gasteiger partial charge in [0.2, 0.25) is 5.91 Å². The molecule has 0 saturated heterocycles. The summed E-state index contributed by atoms with van der Waals surface area (Å²) in [4.78, 5) is 25.0. The number of aliphatic hydroxyl groups is 1. The number of alkyl carbamates (subject to hydrolysis) is 1. The number of carbonyl (C=O) groups is 2. The standard InChI is InChI=1S/C23H30N2O4/c1-17(2)13-21(25-23(28)29-16-19-11-7-4-8-12-19)22(27)24-20(15-26)14-18-9-5-3-6-10-18/h3-12,17,20-21,26H,13-16H2,1-2H3,(H,24,27)(H,25,28)/t20-,21-/m0/s1. The van der Waals surface area contributed by atoms with Gasteiger partial charge in [-0.15, -0.1) is 0 Å². The second kappa shape index (κ2) is 11.9. The van der Waals surface area contributed by atoms with Crippen LogP contribution in [0.1, 0.15) is 31.4 Å². The molecule has 0 saturated carbocycles. The molecule has 0 aliphatic heterocycles. The maximum Gasteiger partial charge on any atom is 0.408 e. The zero-order chi connectivity index (χ0) is 21.1. The Labute approximate surface area is 172 Å². The molecule has 3 N–H and O–H groups in total. The molecular formula is C23H30N2O4. The van der Waals surface area contributed by atoms with Gasteiger partial charge < -0.3 is 20.5 Å². The van der Waals surface area contributed by atoms with Crippen molar-refractivity contribution in [1.29, 1.82) is 0 Å². The van der Waals surface area contributed by atoms with Crippen LogP contribution in [0.4, 0.5) is 4.79 Å². The number of aliphatic hydroxyl groups excluding tert-OH is 1. The van der Waals surface area contributed by atoms with E-state index in [4.69, 9.17) is 4.74 Å². The van der Waals surface area contributed by atoms with Crippen LogP contribution >= 0.6 is 0 Å². The lowest BCUT2D eigenvalue weighted by Gasteiger charge is -2.23. The van der Waals surface area contributed by atoms with Gasteiger partial charge in [0, 0.05) is 0 Å². The van der Waals surface area contributed by atoms with E-state index in [9.17, 15) is 14.7 Å². The molecule has 0 spiro atoms. The normalized spacial score (nSPS) is 12.8. The zero-order valence-corrected chi connectivity index (χ0v) is 17.0. The summed E-state index contributed by atoms with van der Waals surface area (Å²) in [6, 6.07) is 17.8. The number of carbonyl (C=O) groups excluding carboxylic acids is 2. The van der Waals surface area contributed by atoms with Crippen molar-refractivity contribution in [2.75, 3.05) is 6.61 Å². The fourth-order valence-corrected chi connectivity index (χ4v) is 2.97. The van der Waals surface area contributed by atoms with Crippen LogP contribution in [0.2, 0.25) is 0 Å². The van der Waals surface area contributed by atoms with Gasteiger partial charge in [0.1, 0.15) is 12.6 Å². The highest BCUT2D eigenvalue weighted by atomic mass is 16.5. The van der Waals surface area contributed by atoms with E-state index < -0.39 is 18.2 Å². The van der Waals surface area contributed by atoms with E-state index in [1.54, 1.807) is 0 Å². The van der Waals surface area contributed by atoms with Crippen molar-refractivity contribution in [2.24, 2.45) is 5.92 Å². The van der Waals surface area contributed by atoms with Crippen LogP contribution < -0.4 is 10.6 Å². The molecule has 2 atom stereocenters. The van der Waals surface area contributed by atoms with Crippen LogP contribution in [0.5, 0.6) is 0 Å². The van der Waals surface area contributed by atoms with Crippen molar-refractivity contribution in [3.8, 4) is 0 Å². The van der Waals surface area contributed by atoms with Gasteiger partial charge in [-0.25, -0.2) is 4.79 Å². The number of hydrogen-bond acceptors (Lipinski definition) is 4. The molecule has 6 heteroatoms. The summed E-state index contributed by atoms with van der Waals surface area (Å²) in [5.41, 5.74) is 1.89. The molecule has 2 aromatic carbocycles. The van der Waals surface area contributed by atoms with Crippen LogP contribution in [0.3, 0.4) is 0 Å². The molecule has 0 aromatic heterocycles. The number of amides is 2. The Morgan fingerprint density at radius 3 is 2.07 bits per heavy atom. The molecule has 29 heavy (non-hydrogen) atoms. The van der Waals surface area contributed by atoms with E-state index in [2.05, 4.69) is 10.6 Å². The van der Waals surface area contributed by atoms with Gasteiger partial charge in [0.25, 0.3) is 0 Å². The third kappa shape index (κ3) is 8.35. The highest BCUT2D eigenvalue weighted by Gasteiger charge is 2.24. The van der Waals surface area contributed by atoms with Crippen molar-refractivity contribution in [1.82, 2.24) is 10.6 Å². The van der Waals surface area contributed by atoms with E-state index >= 15 is 0 Å². The molecule has 0 radical (unpaired) electrons. The minimum absolute atomic E-state index is 0.135. The van der Waals surface area contributed by atoms with Crippen molar-refractivity contribution in [3.63, 3.8) is 0 Å². The molecule has 0 bridgehead atoms. The predicted molar refractivity (Wildman–Crippen MR) is 112 cm³/mol. The maximum absolute atomic E-state index is 12.8. The molecular weight excluding hydrogens is 368 g/mol. The number of ether oxygens (including phenoxy) is 1. The van der Waals surface area contributed by atoms with E-state index in [1.165, 1.54) is 0 Å². The highest BCUT2D eigenvalue weighted by Crippen LogP contribution is 2.08. The fourth-order valence-electron chi connectivity index (χ4n) is 2.97. The average Bonchev–Trinajstić information content (AvgIpc) is 2.72. The highest BCUT2D eigenvalue weighted by molar-refractivity contribution is 5.85. The van der Waals surface area contributed by atoms with Gasteiger partial charge in [0.05, 0.1) is 12.6 Å². The SMILES string of the molecule is CC(C)C[C@H](NC(=O)OCc1ccccc1)C(=O)N[C@H](CO)Cc1ccccc1. The van der Waals surface area contributed by atoms with Crippen molar-refractivity contribution < 1.29 is 19.4 Å². The van der Waals surface area contributed by atoms with E-state index in [0.717, 1.165) is 11.1 Å². The Balaban J connectivity index is 1.92. The van der Waals surface area contributed by atoms with Crippen LogP contribution in [-0.4, -0.2) is 35.8 Å². The van der Waals surface area contributed by atoms with Gasteiger partial charge >= 0.3 is 6.09 Å². The average molecular weight is 399 g/mol. The Bertz CT molecular complexity index is 750. The minimum Gasteiger partial charge on any atom is -0.445 e. The monoisotopic (exact) mass is 398 g/mol. The van der Waals surface area contributed by atoms with Crippen molar-refractivity contribution in [3.05, 3.63) is 71.8 Å². The lowest BCUT2D eigenvalue weighted by atomic mass is 10.0. The maximum atomic E-state index is 12.8. The van der Waals surface area contributed by atoms with Crippen LogP contribution in [-0.2, 0) is 22.6 Å². The lowest BCUT2D eigenvalue weighted by molar-refractivity contribution is -0.124. The topological polar surface area (TPSA) is 87.7 Å². The summed E-state index contributed by atoms with van der Waals surface area (Å²) in [7, 11) is 0. The molecule has 0 aliphatic rings. The number of rotatable bonds is 10. The molecule has 2 aromatic rings. The van der Waals surface area contributed by atoms with E-state index in [1.807, 2.05) is 74.5 Å². The molecule has 0 heterocycles. The zero-order valence-electron chi connectivity index (χ0n) is 17.0. The molecule has 2 rings (SSSR count). The summed E-state index contributed by atoms with van der Waals surface area (Å²) >= 11 is 0. The van der Waals surface area contributed by atoms with Gasteiger partial charge in [-0.1, -0.05) is 74.5 Å². The molecule has 2 amide bonds. The first-order chi connectivity index (χ1) is 14.0. The van der Waals surface area contributed by atoms with Crippen LogP contribution in [0, 0.1) is 5.92 Å². The van der Waals surface area contributed by atoms with Gasteiger partial charge in [-0.2, -0.15) is 0 Å². The molecule has 0 fully saturated rings. The Hall–Kier alpha value is -2.86. The quantitative estimate of drug-likeness (QED) is 0.574. The van der Waals surface area contributed by atoms with Crippen molar-refractivity contribution >= 4 is 12.0 Å². The smallest absolute Gasteiger partial charge is 0.408 e. The third-order valence-electron chi connectivity index (χ3n) is 4.42. The van der Waals surface area contributed by atoms with Gasteiger partial charge in [-0.05, 0) is 29.9 Å². The van der Waals surface area contributed by atoms with Crippen LogP contribution in [0.25, 0.3) is 0 Å². The first-order valence-corrected chi connectivity index (χ1v) is 9.90. The summed E-state index contributed by atoms with van der Waals surface area (Å²) in [6.07, 6.45) is 0.337. The molecule has 6 nitrogen and oxygen atoms in total. The minimum atomic E-state index is -0.733. The van der Waals surface area contributed by atoms with Gasteiger partial charge in [0.15, 0.2) is 0 Å². The Morgan fingerprint density at radius 2 is 1.52 bits per heavy atom. The summed E-state index contributed by atoms with van der Waals surface area (Å²) in [5, 5.41) is 15.2. The predicted octanol–water partition coefficient (Wildman–Crippen LogP) is 3.05. The lowest BCUT2D eigenvalue weighted by Crippen LogP contribution is -2.51. The largest absolute Gasteiger partial charge is 0.445 e. The molecule has 0 unspecified atom stereocenters. The first kappa shape index (κ1) is 22.4. The second-order valence-corrected chi connectivity index (χ2v) is 7.47. The third-order valence-corrected chi connectivity index (χ3v) is 4.42. The van der Waals surface area contributed by atoms with E-state index in [-0.39, 0.29) is 25.0 Å². The Kier molecular flexibility index (Phi) is 9.18. The van der Waals surface area contributed by atoms with E-state index in [0.29, 0.717) is 12.8 Å². The van der Waals surface area contributed by atoms with Gasteiger partial charge in [-0.3, -0.25) is 4.79 Å². The fraction of sp³-hybridized carbons (Fsp3) is 0.391. The summed E-state index contributed by atoms with van der Waals surface area (Å²) < 4.78 is 5.24. The number of nitrogens with one attached hydrogen (secondary N) is 2. The summed E-state index contributed by atoms with van der Waals surface area (Å²) in [5.74, 6) is -0.132.